The number of nitrogens with one attached hydrogen (secondary N) is 1. The van der Waals surface area contributed by atoms with Crippen molar-refractivity contribution in [1.29, 1.82) is 0 Å². The van der Waals surface area contributed by atoms with Crippen LogP contribution in [0.4, 0.5) is 5.82 Å². The molecule has 0 radical (unpaired) electrons. The number of fused-ring (bicyclic) bond motifs is 1. The zero-order valence-corrected chi connectivity index (χ0v) is 17.8. The summed E-state index contributed by atoms with van der Waals surface area (Å²) in [7, 11) is 0. The largest absolute Gasteiger partial charge is 0.427 e. The zero-order valence-electron chi connectivity index (χ0n) is 17.8. The lowest BCUT2D eigenvalue weighted by atomic mass is 10.1. The molecule has 0 saturated carbocycles. The summed E-state index contributed by atoms with van der Waals surface area (Å²) in [4.78, 5) is 28.7. The van der Waals surface area contributed by atoms with Crippen LogP contribution in [-0.4, -0.2) is 26.6 Å². The molecule has 1 N–H and O–H groups in total. The van der Waals surface area contributed by atoms with E-state index in [1.807, 2.05) is 45.0 Å². The van der Waals surface area contributed by atoms with Crippen molar-refractivity contribution in [2.45, 2.75) is 27.7 Å². The predicted molar refractivity (Wildman–Crippen MR) is 119 cm³/mol. The van der Waals surface area contributed by atoms with Gasteiger partial charge in [-0.15, -0.1) is 0 Å². The first-order valence-corrected chi connectivity index (χ1v) is 9.85. The van der Waals surface area contributed by atoms with Gasteiger partial charge in [-0.1, -0.05) is 18.2 Å². The van der Waals surface area contributed by atoms with Crippen LogP contribution in [0.2, 0.25) is 0 Å². The monoisotopic (exact) mass is 414 g/mol. The Bertz CT molecular complexity index is 1310. The molecule has 2 heterocycles. The molecule has 0 atom stereocenters. The molecule has 4 rings (SSSR count). The molecule has 4 aromatic rings. The number of amides is 1. The summed E-state index contributed by atoms with van der Waals surface area (Å²) in [6.07, 6.45) is 0. The molecular weight excluding hydrogens is 392 g/mol. The minimum atomic E-state index is -0.412. The number of carbonyl (C=O) groups is 2. The molecule has 0 aliphatic heterocycles. The minimum absolute atomic E-state index is 0.302. The number of carbonyl (C=O) groups excluding carboxylic acids is 2. The molecule has 0 bridgehead atoms. The van der Waals surface area contributed by atoms with Crippen molar-refractivity contribution < 1.29 is 14.3 Å². The van der Waals surface area contributed by atoms with Crippen molar-refractivity contribution in [3.63, 3.8) is 0 Å². The number of rotatable bonds is 4. The molecular formula is C24H22N4O3. The summed E-state index contributed by atoms with van der Waals surface area (Å²) >= 11 is 0. The Hall–Kier alpha value is -4.00. The van der Waals surface area contributed by atoms with E-state index in [9.17, 15) is 9.59 Å². The van der Waals surface area contributed by atoms with Gasteiger partial charge in [-0.3, -0.25) is 9.59 Å². The molecule has 7 heteroatoms. The first kappa shape index (κ1) is 20.3. The standard InChI is InChI=1S/C24H22N4O3/c1-14-6-5-7-20-15(2)12-21(25-23(14)20)28-22(13-16(3)27-28)26-24(30)18-8-10-19(11-9-18)31-17(4)29/h5-13H,1-4H3,(H,26,30). The molecule has 1 amide bonds. The van der Waals surface area contributed by atoms with Gasteiger partial charge in [0.2, 0.25) is 0 Å². The van der Waals surface area contributed by atoms with Crippen LogP contribution in [0.25, 0.3) is 16.7 Å². The van der Waals surface area contributed by atoms with Gasteiger partial charge in [-0.05, 0) is 62.2 Å². The molecule has 0 aliphatic carbocycles. The van der Waals surface area contributed by atoms with Crippen molar-refractivity contribution in [1.82, 2.24) is 14.8 Å². The number of hydrogen-bond donors (Lipinski definition) is 1. The van der Waals surface area contributed by atoms with E-state index in [2.05, 4.69) is 10.4 Å². The van der Waals surface area contributed by atoms with Crippen LogP contribution in [0.15, 0.2) is 54.6 Å². The summed E-state index contributed by atoms with van der Waals surface area (Å²) < 4.78 is 6.65. The third-order valence-corrected chi connectivity index (χ3v) is 4.90. The number of aromatic nitrogens is 3. The Kier molecular flexibility index (Phi) is 5.25. The van der Waals surface area contributed by atoms with Crippen LogP contribution in [0.5, 0.6) is 5.75 Å². The number of hydrogen-bond acceptors (Lipinski definition) is 5. The average Bonchev–Trinajstić information content (AvgIpc) is 3.09. The molecule has 2 aromatic heterocycles. The number of pyridine rings is 1. The predicted octanol–water partition coefficient (Wildman–Crippen LogP) is 4.52. The molecule has 7 nitrogen and oxygen atoms in total. The first-order chi connectivity index (χ1) is 14.8. The fourth-order valence-electron chi connectivity index (χ4n) is 3.44. The lowest BCUT2D eigenvalue weighted by Gasteiger charge is -2.12. The molecule has 31 heavy (non-hydrogen) atoms. The van der Waals surface area contributed by atoms with Crippen molar-refractivity contribution >= 4 is 28.6 Å². The minimum Gasteiger partial charge on any atom is -0.427 e. The Labute approximate surface area is 179 Å². The highest BCUT2D eigenvalue weighted by Gasteiger charge is 2.15. The Morgan fingerprint density at radius 2 is 1.71 bits per heavy atom. The van der Waals surface area contributed by atoms with Crippen LogP contribution in [0.1, 0.15) is 34.1 Å². The van der Waals surface area contributed by atoms with Crippen molar-refractivity contribution in [3.05, 3.63) is 77.0 Å². The Morgan fingerprint density at radius 1 is 0.968 bits per heavy atom. The van der Waals surface area contributed by atoms with Crippen molar-refractivity contribution in [2.75, 3.05) is 5.32 Å². The SMILES string of the molecule is CC(=O)Oc1ccc(C(=O)Nc2cc(C)nn2-c2cc(C)c3cccc(C)c3n2)cc1. The highest BCUT2D eigenvalue weighted by atomic mass is 16.5. The topological polar surface area (TPSA) is 86.1 Å². The van der Waals surface area contributed by atoms with E-state index in [1.54, 1.807) is 35.0 Å². The Morgan fingerprint density at radius 3 is 2.42 bits per heavy atom. The molecule has 0 aliphatic rings. The van der Waals surface area contributed by atoms with Crippen molar-refractivity contribution in [2.24, 2.45) is 0 Å². The van der Waals surface area contributed by atoms with Gasteiger partial charge in [-0.2, -0.15) is 9.78 Å². The fraction of sp³-hybridized carbons (Fsp3) is 0.167. The van der Waals surface area contributed by atoms with Crippen LogP contribution in [-0.2, 0) is 4.79 Å². The van der Waals surface area contributed by atoms with Gasteiger partial charge in [-0.25, -0.2) is 4.98 Å². The molecule has 2 aromatic carbocycles. The summed E-state index contributed by atoms with van der Waals surface area (Å²) in [5.74, 6) is 0.824. The van der Waals surface area contributed by atoms with Crippen molar-refractivity contribution in [3.8, 4) is 11.6 Å². The smallest absolute Gasteiger partial charge is 0.308 e. The van der Waals surface area contributed by atoms with E-state index in [0.29, 0.717) is 22.9 Å². The van der Waals surface area contributed by atoms with Gasteiger partial charge >= 0.3 is 5.97 Å². The van der Waals surface area contributed by atoms with Gasteiger partial charge in [0.15, 0.2) is 5.82 Å². The van der Waals surface area contributed by atoms with Gasteiger partial charge in [0, 0.05) is 23.9 Å². The highest BCUT2D eigenvalue weighted by Crippen LogP contribution is 2.25. The number of anilines is 1. The Balaban J connectivity index is 1.66. The second-order valence-corrected chi connectivity index (χ2v) is 7.42. The number of esters is 1. The lowest BCUT2D eigenvalue weighted by Crippen LogP contribution is -2.15. The van der Waals surface area contributed by atoms with Crippen LogP contribution in [0, 0.1) is 20.8 Å². The maximum absolute atomic E-state index is 12.8. The van der Waals surface area contributed by atoms with E-state index in [1.165, 1.54) is 6.92 Å². The number of para-hydroxylation sites is 1. The number of ether oxygens (including phenoxy) is 1. The molecule has 0 spiro atoms. The number of nitrogens with zero attached hydrogens (tertiary/aromatic N) is 3. The molecule has 0 saturated heterocycles. The third-order valence-electron chi connectivity index (χ3n) is 4.90. The lowest BCUT2D eigenvalue weighted by molar-refractivity contribution is -0.131. The summed E-state index contributed by atoms with van der Waals surface area (Å²) in [5.41, 5.74) is 4.24. The van der Waals surface area contributed by atoms with E-state index < -0.39 is 5.97 Å². The highest BCUT2D eigenvalue weighted by molar-refractivity contribution is 6.04. The van der Waals surface area contributed by atoms with Crippen LogP contribution in [0.3, 0.4) is 0 Å². The number of aryl methyl sites for hydroxylation is 3. The maximum atomic E-state index is 12.8. The van der Waals surface area contributed by atoms with Gasteiger partial charge in [0.1, 0.15) is 11.6 Å². The van der Waals surface area contributed by atoms with Gasteiger partial charge < -0.3 is 10.1 Å². The molecule has 0 unspecified atom stereocenters. The normalized spacial score (nSPS) is 10.8. The maximum Gasteiger partial charge on any atom is 0.308 e. The summed E-state index contributed by atoms with van der Waals surface area (Å²) in [6, 6.07) is 16.2. The summed E-state index contributed by atoms with van der Waals surface area (Å²) in [6.45, 7) is 7.24. The number of benzene rings is 2. The average molecular weight is 414 g/mol. The summed E-state index contributed by atoms with van der Waals surface area (Å²) in [5, 5.41) is 8.53. The van der Waals surface area contributed by atoms with Crippen LogP contribution >= 0.6 is 0 Å². The van der Waals surface area contributed by atoms with Gasteiger partial charge in [0.25, 0.3) is 5.91 Å². The van der Waals surface area contributed by atoms with E-state index in [-0.39, 0.29) is 5.91 Å². The fourth-order valence-corrected chi connectivity index (χ4v) is 3.44. The van der Waals surface area contributed by atoms with Gasteiger partial charge in [0.05, 0.1) is 11.2 Å². The second kappa shape index (κ2) is 8.02. The zero-order chi connectivity index (χ0) is 22.1. The third kappa shape index (κ3) is 4.16. The second-order valence-electron chi connectivity index (χ2n) is 7.42. The van der Waals surface area contributed by atoms with E-state index in [4.69, 9.17) is 9.72 Å². The van der Waals surface area contributed by atoms with E-state index in [0.717, 1.165) is 27.7 Å². The molecule has 0 fully saturated rings. The van der Waals surface area contributed by atoms with E-state index >= 15 is 0 Å². The first-order valence-electron chi connectivity index (χ1n) is 9.85. The molecule has 156 valence electrons. The van der Waals surface area contributed by atoms with Crippen LogP contribution < -0.4 is 10.1 Å². The quantitative estimate of drug-likeness (QED) is 0.392.